The molecule has 0 unspecified atom stereocenters. The smallest absolute Gasteiger partial charge is 0.234 e. The molecule has 0 aliphatic carbocycles. The number of anilines is 1. The van der Waals surface area contributed by atoms with Gasteiger partial charge in [-0.25, -0.2) is 4.98 Å². The molecule has 0 saturated heterocycles. The molecule has 4 rings (SSSR count). The quantitative estimate of drug-likeness (QED) is 0.422. The largest absolute Gasteiger partial charge is 0.465 e. The Morgan fingerprint density at radius 2 is 1.96 bits per heavy atom. The number of thioether (sulfide) groups is 1. The van der Waals surface area contributed by atoms with Gasteiger partial charge in [0.2, 0.25) is 5.91 Å². The van der Waals surface area contributed by atoms with Crippen LogP contribution in [-0.4, -0.2) is 16.6 Å². The molecule has 1 amide bonds. The first kappa shape index (κ1) is 18.5. The van der Waals surface area contributed by atoms with E-state index in [2.05, 4.69) is 11.4 Å². The van der Waals surface area contributed by atoms with Crippen LogP contribution in [0, 0.1) is 6.92 Å². The number of carbonyl (C=O) groups excluding carboxylic acids is 1. The van der Waals surface area contributed by atoms with Crippen molar-refractivity contribution in [2.75, 3.05) is 11.1 Å². The highest BCUT2D eigenvalue weighted by Crippen LogP contribution is 2.35. The predicted molar refractivity (Wildman–Crippen MR) is 118 cm³/mol. The van der Waals surface area contributed by atoms with E-state index in [1.54, 1.807) is 17.6 Å². The van der Waals surface area contributed by atoms with Crippen molar-refractivity contribution in [3.63, 3.8) is 0 Å². The van der Waals surface area contributed by atoms with Crippen molar-refractivity contribution < 1.29 is 9.21 Å². The first-order chi connectivity index (χ1) is 13.7. The number of thiazole rings is 1. The number of amides is 1. The molecular formula is C22H18N2O2S2. The fourth-order valence-corrected chi connectivity index (χ4v) is 4.53. The number of carbonyl (C=O) groups is 1. The van der Waals surface area contributed by atoms with Gasteiger partial charge in [-0.05, 0) is 49.4 Å². The fraction of sp³-hybridized carbons (Fsp3) is 0.0909. The number of fused-ring (bicyclic) bond motifs is 1. The van der Waals surface area contributed by atoms with Crippen molar-refractivity contribution in [1.82, 2.24) is 4.98 Å². The monoisotopic (exact) mass is 406 g/mol. The van der Waals surface area contributed by atoms with Crippen LogP contribution in [0.1, 0.15) is 16.3 Å². The summed E-state index contributed by atoms with van der Waals surface area (Å²) in [6.07, 6.45) is 3.57. The standard InChI is InChI=1S/C22H18N2O2S2/c1-15-8-10-16(11-9-15)23-21(25)14-27-20(13-17-5-4-12-26-17)22-24-18-6-2-3-7-19(18)28-22/h2-13H,14H2,1H3,(H,23,25). The molecule has 2 heterocycles. The maximum atomic E-state index is 12.4. The number of para-hydroxylation sites is 1. The molecule has 1 N–H and O–H groups in total. The molecule has 0 atom stereocenters. The van der Waals surface area contributed by atoms with Gasteiger partial charge in [-0.1, -0.05) is 29.8 Å². The van der Waals surface area contributed by atoms with E-state index in [9.17, 15) is 4.79 Å². The predicted octanol–water partition coefficient (Wildman–Crippen LogP) is 6.07. The number of benzene rings is 2. The molecule has 6 heteroatoms. The molecule has 0 radical (unpaired) electrons. The Morgan fingerprint density at radius 3 is 2.71 bits per heavy atom. The van der Waals surface area contributed by atoms with Crippen LogP contribution >= 0.6 is 23.1 Å². The second-order valence-corrected chi connectivity index (χ2v) is 8.26. The van der Waals surface area contributed by atoms with Crippen LogP contribution in [0.2, 0.25) is 0 Å². The van der Waals surface area contributed by atoms with Gasteiger partial charge in [0.1, 0.15) is 10.8 Å². The zero-order valence-electron chi connectivity index (χ0n) is 15.2. The second kappa shape index (κ2) is 8.46. The third-order valence-corrected chi connectivity index (χ3v) is 6.24. The molecule has 28 heavy (non-hydrogen) atoms. The summed E-state index contributed by atoms with van der Waals surface area (Å²) < 4.78 is 6.58. The topological polar surface area (TPSA) is 55.1 Å². The number of hydrogen-bond donors (Lipinski definition) is 1. The van der Waals surface area contributed by atoms with Crippen LogP contribution in [0.4, 0.5) is 5.69 Å². The molecule has 4 nitrogen and oxygen atoms in total. The average molecular weight is 407 g/mol. The molecule has 0 saturated carbocycles. The maximum absolute atomic E-state index is 12.4. The molecule has 0 aliphatic heterocycles. The van der Waals surface area contributed by atoms with Gasteiger partial charge in [0.05, 0.1) is 22.2 Å². The van der Waals surface area contributed by atoms with Crippen molar-refractivity contribution in [1.29, 1.82) is 0 Å². The van der Waals surface area contributed by atoms with Gasteiger partial charge >= 0.3 is 0 Å². The van der Waals surface area contributed by atoms with Gasteiger partial charge in [0, 0.05) is 10.6 Å². The Morgan fingerprint density at radius 1 is 1.14 bits per heavy atom. The van der Waals surface area contributed by atoms with Crippen LogP contribution in [0.5, 0.6) is 0 Å². The zero-order chi connectivity index (χ0) is 19.3. The summed E-state index contributed by atoms with van der Waals surface area (Å²) in [5.74, 6) is 0.970. The van der Waals surface area contributed by atoms with Gasteiger partial charge in [-0.2, -0.15) is 0 Å². The molecule has 0 fully saturated rings. The average Bonchev–Trinajstić information content (AvgIpc) is 3.36. The maximum Gasteiger partial charge on any atom is 0.234 e. The van der Waals surface area contributed by atoms with Crippen LogP contribution in [-0.2, 0) is 4.79 Å². The Hall–Kier alpha value is -2.83. The third-order valence-electron chi connectivity index (χ3n) is 4.02. The van der Waals surface area contributed by atoms with Crippen LogP contribution in [0.3, 0.4) is 0 Å². The van der Waals surface area contributed by atoms with Gasteiger partial charge in [0.15, 0.2) is 0 Å². The molecule has 2 aromatic carbocycles. The number of furan rings is 1. The first-order valence-electron chi connectivity index (χ1n) is 8.78. The Kier molecular flexibility index (Phi) is 5.60. The summed E-state index contributed by atoms with van der Waals surface area (Å²) in [6, 6.07) is 19.5. The van der Waals surface area contributed by atoms with E-state index in [4.69, 9.17) is 9.40 Å². The normalized spacial score (nSPS) is 11.7. The van der Waals surface area contributed by atoms with Gasteiger partial charge < -0.3 is 9.73 Å². The van der Waals surface area contributed by atoms with E-state index in [0.717, 1.165) is 37.1 Å². The number of aromatic nitrogens is 1. The van der Waals surface area contributed by atoms with Gasteiger partial charge in [0.25, 0.3) is 0 Å². The van der Waals surface area contributed by atoms with Crippen molar-refractivity contribution in [3.05, 3.63) is 83.3 Å². The van der Waals surface area contributed by atoms with Crippen molar-refractivity contribution in [2.24, 2.45) is 0 Å². The molecule has 140 valence electrons. The van der Waals surface area contributed by atoms with Crippen LogP contribution in [0.15, 0.2) is 71.3 Å². The van der Waals surface area contributed by atoms with E-state index in [-0.39, 0.29) is 11.7 Å². The van der Waals surface area contributed by atoms with E-state index in [1.165, 1.54) is 11.8 Å². The highest BCUT2D eigenvalue weighted by molar-refractivity contribution is 8.09. The minimum absolute atomic E-state index is 0.0553. The van der Waals surface area contributed by atoms with Gasteiger partial charge in [-0.3, -0.25) is 4.79 Å². The lowest BCUT2D eigenvalue weighted by Crippen LogP contribution is -2.13. The number of hydrogen-bond acceptors (Lipinski definition) is 5. The Balaban J connectivity index is 1.52. The summed E-state index contributed by atoms with van der Waals surface area (Å²) in [5.41, 5.74) is 2.91. The number of aryl methyl sites for hydroxylation is 1. The van der Waals surface area contributed by atoms with E-state index < -0.39 is 0 Å². The number of nitrogens with one attached hydrogen (secondary N) is 1. The molecule has 0 aliphatic rings. The number of nitrogens with zero attached hydrogens (tertiary/aromatic N) is 1. The lowest BCUT2D eigenvalue weighted by atomic mass is 10.2. The summed E-state index contributed by atoms with van der Waals surface area (Å²) in [4.78, 5) is 18.0. The Bertz CT molecular complexity index is 1080. The Labute approximate surface area is 171 Å². The summed E-state index contributed by atoms with van der Waals surface area (Å²) in [7, 11) is 0. The molecule has 0 bridgehead atoms. The van der Waals surface area contributed by atoms with Crippen molar-refractivity contribution in [2.45, 2.75) is 6.92 Å². The van der Waals surface area contributed by atoms with Crippen molar-refractivity contribution in [3.8, 4) is 0 Å². The second-order valence-electron chi connectivity index (χ2n) is 6.21. The highest BCUT2D eigenvalue weighted by atomic mass is 32.2. The van der Waals surface area contributed by atoms with E-state index in [0.29, 0.717) is 0 Å². The van der Waals surface area contributed by atoms with E-state index >= 15 is 0 Å². The SMILES string of the molecule is Cc1ccc(NC(=O)CSC(=Cc2ccco2)c2nc3ccccc3s2)cc1. The summed E-state index contributed by atoms with van der Waals surface area (Å²) >= 11 is 3.07. The highest BCUT2D eigenvalue weighted by Gasteiger charge is 2.13. The summed E-state index contributed by atoms with van der Waals surface area (Å²) in [6.45, 7) is 2.02. The number of rotatable bonds is 6. The fourth-order valence-electron chi connectivity index (χ4n) is 2.62. The molecule has 0 spiro atoms. The minimum Gasteiger partial charge on any atom is -0.465 e. The third kappa shape index (κ3) is 4.52. The van der Waals surface area contributed by atoms with Gasteiger partial charge in [-0.15, -0.1) is 23.1 Å². The molecular weight excluding hydrogens is 388 g/mol. The van der Waals surface area contributed by atoms with Crippen molar-refractivity contribution >= 4 is 55.9 Å². The van der Waals surface area contributed by atoms with E-state index in [1.807, 2.05) is 67.6 Å². The zero-order valence-corrected chi connectivity index (χ0v) is 16.8. The summed E-state index contributed by atoms with van der Waals surface area (Å²) in [5, 5.41) is 3.81. The van der Waals surface area contributed by atoms with Crippen LogP contribution < -0.4 is 5.32 Å². The lowest BCUT2D eigenvalue weighted by Gasteiger charge is -2.07. The minimum atomic E-state index is -0.0553. The molecule has 4 aromatic rings. The lowest BCUT2D eigenvalue weighted by molar-refractivity contribution is -0.113. The van der Waals surface area contributed by atoms with Crippen LogP contribution in [0.25, 0.3) is 21.2 Å². The first-order valence-corrected chi connectivity index (χ1v) is 10.6. The molecule has 2 aromatic heterocycles.